The molecule has 1 aromatic rings. The maximum absolute atomic E-state index is 5.62. The minimum Gasteiger partial charge on any atom is -0.271 e. The zero-order chi connectivity index (χ0) is 12.2. The van der Waals surface area contributed by atoms with Gasteiger partial charge >= 0.3 is 0 Å². The second-order valence-electron chi connectivity index (χ2n) is 5.06. The van der Waals surface area contributed by atoms with Gasteiger partial charge in [-0.1, -0.05) is 50.6 Å². The first-order valence-corrected chi connectivity index (χ1v) is 6.57. The van der Waals surface area contributed by atoms with Crippen molar-refractivity contribution in [1.82, 2.24) is 5.43 Å². The standard InChI is InChI=1S/C13H22N2S/c1-10-6-5-7-11(8-10)12(15-14)9-16-13(2,3)4/h5-8,12,15H,9,14H2,1-4H3. The van der Waals surface area contributed by atoms with E-state index in [0.29, 0.717) is 0 Å². The van der Waals surface area contributed by atoms with Crippen molar-refractivity contribution in [2.75, 3.05) is 5.75 Å². The number of hydrazine groups is 1. The summed E-state index contributed by atoms with van der Waals surface area (Å²) >= 11 is 1.92. The molecule has 0 aliphatic rings. The number of benzene rings is 1. The summed E-state index contributed by atoms with van der Waals surface area (Å²) in [7, 11) is 0. The van der Waals surface area contributed by atoms with Crippen LogP contribution in [0.3, 0.4) is 0 Å². The summed E-state index contributed by atoms with van der Waals surface area (Å²) in [5.74, 6) is 6.61. The Kier molecular flexibility index (Phi) is 4.84. The third kappa shape index (κ3) is 4.56. The van der Waals surface area contributed by atoms with E-state index in [0.717, 1.165) is 5.75 Å². The van der Waals surface area contributed by atoms with Crippen molar-refractivity contribution in [2.45, 2.75) is 38.5 Å². The molecule has 0 spiro atoms. The molecule has 0 saturated heterocycles. The number of hydrogen-bond donors (Lipinski definition) is 2. The highest BCUT2D eigenvalue weighted by atomic mass is 32.2. The van der Waals surface area contributed by atoms with Crippen LogP contribution in [0.25, 0.3) is 0 Å². The molecule has 0 aliphatic carbocycles. The Hall–Kier alpha value is -0.510. The first kappa shape index (κ1) is 13.6. The van der Waals surface area contributed by atoms with Gasteiger partial charge in [0, 0.05) is 10.5 Å². The van der Waals surface area contributed by atoms with Crippen LogP contribution >= 0.6 is 11.8 Å². The van der Waals surface area contributed by atoms with E-state index < -0.39 is 0 Å². The van der Waals surface area contributed by atoms with Crippen LogP contribution in [0.4, 0.5) is 0 Å². The predicted octanol–water partition coefficient (Wildman–Crippen LogP) is 3.03. The molecule has 0 aromatic heterocycles. The number of nitrogens with two attached hydrogens (primary N) is 1. The molecule has 0 heterocycles. The molecule has 1 aromatic carbocycles. The molecule has 0 fully saturated rings. The molecule has 1 unspecified atom stereocenters. The topological polar surface area (TPSA) is 38.0 Å². The molecular weight excluding hydrogens is 216 g/mol. The Balaban J connectivity index is 2.68. The van der Waals surface area contributed by atoms with Crippen LogP contribution in [0.15, 0.2) is 24.3 Å². The summed E-state index contributed by atoms with van der Waals surface area (Å²) in [5, 5.41) is 0. The summed E-state index contributed by atoms with van der Waals surface area (Å²) in [6, 6.07) is 8.73. The normalized spacial score (nSPS) is 13.8. The van der Waals surface area contributed by atoms with Gasteiger partial charge in [-0.2, -0.15) is 11.8 Å². The fourth-order valence-corrected chi connectivity index (χ4v) is 2.42. The van der Waals surface area contributed by atoms with Crippen LogP contribution < -0.4 is 11.3 Å². The van der Waals surface area contributed by atoms with Gasteiger partial charge in [0.15, 0.2) is 0 Å². The van der Waals surface area contributed by atoms with E-state index in [1.807, 2.05) is 11.8 Å². The number of aryl methyl sites for hydroxylation is 1. The number of hydrogen-bond acceptors (Lipinski definition) is 3. The van der Waals surface area contributed by atoms with Gasteiger partial charge in [0.1, 0.15) is 0 Å². The van der Waals surface area contributed by atoms with Crippen LogP contribution in [-0.4, -0.2) is 10.5 Å². The van der Waals surface area contributed by atoms with Crippen molar-refractivity contribution in [3.63, 3.8) is 0 Å². The van der Waals surface area contributed by atoms with Crippen molar-refractivity contribution >= 4 is 11.8 Å². The summed E-state index contributed by atoms with van der Waals surface area (Å²) < 4.78 is 0.277. The van der Waals surface area contributed by atoms with Gasteiger partial charge in [-0.3, -0.25) is 11.3 Å². The number of thioether (sulfide) groups is 1. The molecule has 1 rings (SSSR count). The van der Waals surface area contributed by atoms with E-state index in [9.17, 15) is 0 Å². The van der Waals surface area contributed by atoms with E-state index in [2.05, 4.69) is 57.4 Å². The maximum atomic E-state index is 5.62. The van der Waals surface area contributed by atoms with E-state index in [1.54, 1.807) is 0 Å². The van der Waals surface area contributed by atoms with Crippen LogP contribution in [0.1, 0.15) is 37.9 Å². The molecule has 3 heteroatoms. The Morgan fingerprint density at radius 1 is 1.38 bits per heavy atom. The highest BCUT2D eigenvalue weighted by molar-refractivity contribution is 8.00. The second kappa shape index (κ2) is 5.71. The Morgan fingerprint density at radius 3 is 2.56 bits per heavy atom. The lowest BCUT2D eigenvalue weighted by atomic mass is 10.1. The average molecular weight is 238 g/mol. The molecule has 0 amide bonds. The van der Waals surface area contributed by atoms with Gasteiger partial charge < -0.3 is 0 Å². The highest BCUT2D eigenvalue weighted by Crippen LogP contribution is 2.28. The first-order valence-electron chi connectivity index (χ1n) is 5.59. The summed E-state index contributed by atoms with van der Waals surface area (Å²) in [5.41, 5.74) is 5.44. The molecule has 0 saturated carbocycles. The van der Waals surface area contributed by atoms with E-state index in [-0.39, 0.29) is 10.8 Å². The minimum atomic E-state index is 0.226. The minimum absolute atomic E-state index is 0.226. The molecule has 90 valence electrons. The Morgan fingerprint density at radius 2 is 2.06 bits per heavy atom. The van der Waals surface area contributed by atoms with Crippen LogP contribution in [0.5, 0.6) is 0 Å². The smallest absolute Gasteiger partial charge is 0.0550 e. The molecule has 0 radical (unpaired) electrons. The molecule has 2 nitrogen and oxygen atoms in total. The lowest BCUT2D eigenvalue weighted by molar-refractivity contribution is 0.607. The SMILES string of the molecule is Cc1cccc(C(CSC(C)(C)C)NN)c1. The zero-order valence-corrected chi connectivity index (χ0v) is 11.4. The molecule has 1 atom stereocenters. The van der Waals surface area contributed by atoms with E-state index >= 15 is 0 Å². The van der Waals surface area contributed by atoms with Crippen molar-refractivity contribution in [3.8, 4) is 0 Å². The van der Waals surface area contributed by atoms with Gasteiger partial charge in [0.2, 0.25) is 0 Å². The Bertz CT molecular complexity index is 331. The molecule has 0 aliphatic heterocycles. The summed E-state index contributed by atoms with van der Waals surface area (Å²) in [6.07, 6.45) is 0. The maximum Gasteiger partial charge on any atom is 0.0550 e. The zero-order valence-electron chi connectivity index (χ0n) is 10.6. The monoisotopic (exact) mass is 238 g/mol. The third-order valence-electron chi connectivity index (χ3n) is 2.33. The fraction of sp³-hybridized carbons (Fsp3) is 0.538. The fourth-order valence-electron chi connectivity index (χ4n) is 1.46. The van der Waals surface area contributed by atoms with Crippen LogP contribution in [0.2, 0.25) is 0 Å². The molecule has 16 heavy (non-hydrogen) atoms. The lowest BCUT2D eigenvalue weighted by Gasteiger charge is -2.23. The summed E-state index contributed by atoms with van der Waals surface area (Å²) in [4.78, 5) is 0. The second-order valence-corrected chi connectivity index (χ2v) is 6.90. The number of rotatable bonds is 4. The highest BCUT2D eigenvalue weighted by Gasteiger charge is 2.16. The van der Waals surface area contributed by atoms with E-state index in [1.165, 1.54) is 11.1 Å². The van der Waals surface area contributed by atoms with Crippen molar-refractivity contribution in [2.24, 2.45) is 5.84 Å². The quantitative estimate of drug-likeness (QED) is 0.625. The largest absolute Gasteiger partial charge is 0.271 e. The van der Waals surface area contributed by atoms with Crippen molar-refractivity contribution < 1.29 is 0 Å². The molecular formula is C13H22N2S. The van der Waals surface area contributed by atoms with Gasteiger partial charge in [-0.25, -0.2) is 0 Å². The van der Waals surface area contributed by atoms with Gasteiger partial charge in [0.25, 0.3) is 0 Å². The third-order valence-corrected chi connectivity index (χ3v) is 3.69. The molecule has 0 bridgehead atoms. The molecule has 3 N–H and O–H groups in total. The van der Waals surface area contributed by atoms with Crippen molar-refractivity contribution in [3.05, 3.63) is 35.4 Å². The summed E-state index contributed by atoms with van der Waals surface area (Å²) in [6.45, 7) is 8.78. The van der Waals surface area contributed by atoms with Gasteiger partial charge in [0.05, 0.1) is 6.04 Å². The van der Waals surface area contributed by atoms with Gasteiger partial charge in [-0.15, -0.1) is 0 Å². The van der Waals surface area contributed by atoms with E-state index in [4.69, 9.17) is 5.84 Å². The predicted molar refractivity (Wildman–Crippen MR) is 73.5 cm³/mol. The van der Waals surface area contributed by atoms with Crippen LogP contribution in [-0.2, 0) is 0 Å². The lowest BCUT2D eigenvalue weighted by Crippen LogP contribution is -2.30. The van der Waals surface area contributed by atoms with Crippen molar-refractivity contribution in [1.29, 1.82) is 0 Å². The number of nitrogens with one attached hydrogen (secondary N) is 1. The van der Waals surface area contributed by atoms with Gasteiger partial charge in [-0.05, 0) is 12.5 Å². The average Bonchev–Trinajstić information content (AvgIpc) is 2.17. The Labute approximate surface area is 103 Å². The first-order chi connectivity index (χ1) is 7.42. The van der Waals surface area contributed by atoms with Crippen LogP contribution in [0, 0.1) is 6.92 Å².